The van der Waals surface area contributed by atoms with Crippen molar-refractivity contribution in [3.63, 3.8) is 0 Å². The van der Waals surface area contributed by atoms with Crippen molar-refractivity contribution in [2.24, 2.45) is 0 Å². The van der Waals surface area contributed by atoms with Gasteiger partial charge in [0.25, 0.3) is 0 Å². The summed E-state index contributed by atoms with van der Waals surface area (Å²) in [5, 5.41) is 3.30. The quantitative estimate of drug-likeness (QED) is 0.770. The maximum Gasteiger partial charge on any atom is 0.328 e. The minimum Gasteiger partial charge on any atom is -0.383 e. The Kier molecular flexibility index (Phi) is 5.44. The van der Waals surface area contributed by atoms with Gasteiger partial charge in [0, 0.05) is 38.1 Å². The third-order valence-corrected chi connectivity index (χ3v) is 2.71. The lowest BCUT2D eigenvalue weighted by Crippen LogP contribution is -2.39. The van der Waals surface area contributed by atoms with Crippen LogP contribution >= 0.6 is 0 Å². The minimum absolute atomic E-state index is 0.0407. The van der Waals surface area contributed by atoms with Crippen molar-refractivity contribution in [1.82, 2.24) is 14.5 Å². The van der Waals surface area contributed by atoms with Crippen molar-refractivity contribution in [3.8, 4) is 0 Å². The first-order valence-corrected chi connectivity index (χ1v) is 6.09. The highest BCUT2D eigenvalue weighted by molar-refractivity contribution is 4.85. The number of ether oxygens (including phenoxy) is 1. The van der Waals surface area contributed by atoms with Gasteiger partial charge < -0.3 is 10.1 Å². The van der Waals surface area contributed by atoms with Crippen molar-refractivity contribution in [3.05, 3.63) is 22.9 Å². The van der Waals surface area contributed by atoms with E-state index in [9.17, 15) is 4.79 Å². The van der Waals surface area contributed by atoms with Crippen LogP contribution in [0.15, 0.2) is 17.2 Å². The van der Waals surface area contributed by atoms with E-state index in [0.717, 1.165) is 6.54 Å². The number of aromatic nitrogens is 2. The average molecular weight is 241 g/mol. The molecule has 1 heterocycles. The highest BCUT2D eigenvalue weighted by atomic mass is 16.5. The first-order chi connectivity index (χ1) is 8.10. The largest absolute Gasteiger partial charge is 0.383 e. The van der Waals surface area contributed by atoms with Crippen LogP contribution in [0.2, 0.25) is 0 Å². The SMILES string of the molecule is CCNC(COC)Cn1ccn(C(C)C)c1=O. The molecule has 1 aromatic rings. The van der Waals surface area contributed by atoms with E-state index in [-0.39, 0.29) is 17.8 Å². The van der Waals surface area contributed by atoms with Gasteiger partial charge in [-0.1, -0.05) is 6.92 Å². The predicted molar refractivity (Wildman–Crippen MR) is 68.4 cm³/mol. The zero-order chi connectivity index (χ0) is 12.8. The number of rotatable bonds is 7. The van der Waals surface area contributed by atoms with Gasteiger partial charge in [-0.05, 0) is 20.4 Å². The van der Waals surface area contributed by atoms with Gasteiger partial charge in [-0.25, -0.2) is 4.79 Å². The Labute approximate surface area is 102 Å². The fraction of sp³-hybridized carbons (Fsp3) is 0.750. The second kappa shape index (κ2) is 6.61. The summed E-state index contributed by atoms with van der Waals surface area (Å²) in [5.41, 5.74) is 0.0407. The molecule has 0 aliphatic carbocycles. The highest BCUT2D eigenvalue weighted by Crippen LogP contribution is 2.00. The molecule has 0 amide bonds. The van der Waals surface area contributed by atoms with E-state index in [0.29, 0.717) is 13.2 Å². The molecular formula is C12H23N3O2. The summed E-state index contributed by atoms with van der Waals surface area (Å²) in [6, 6.07) is 0.370. The molecule has 5 heteroatoms. The summed E-state index contributed by atoms with van der Waals surface area (Å²) in [6.45, 7) is 8.16. The molecule has 0 aromatic carbocycles. The number of nitrogens with one attached hydrogen (secondary N) is 1. The van der Waals surface area contributed by atoms with Crippen molar-refractivity contribution in [2.75, 3.05) is 20.3 Å². The molecule has 1 N–H and O–H groups in total. The Hall–Kier alpha value is -1.07. The summed E-state index contributed by atoms with van der Waals surface area (Å²) in [5.74, 6) is 0. The van der Waals surface area contributed by atoms with Crippen LogP contribution in [0.25, 0.3) is 0 Å². The molecule has 0 saturated heterocycles. The Morgan fingerprint density at radius 2 is 2.12 bits per heavy atom. The number of imidazole rings is 1. The molecule has 1 aromatic heterocycles. The van der Waals surface area contributed by atoms with Crippen LogP contribution in [0, 0.1) is 0 Å². The molecule has 0 radical (unpaired) electrons. The van der Waals surface area contributed by atoms with Crippen LogP contribution in [0.1, 0.15) is 26.8 Å². The van der Waals surface area contributed by atoms with Gasteiger partial charge in [0.05, 0.1) is 6.61 Å². The van der Waals surface area contributed by atoms with Crippen molar-refractivity contribution in [1.29, 1.82) is 0 Å². The van der Waals surface area contributed by atoms with E-state index in [1.165, 1.54) is 0 Å². The lowest BCUT2D eigenvalue weighted by Gasteiger charge is -2.16. The van der Waals surface area contributed by atoms with Gasteiger partial charge in [-0.15, -0.1) is 0 Å². The smallest absolute Gasteiger partial charge is 0.328 e. The Morgan fingerprint density at radius 3 is 2.59 bits per heavy atom. The predicted octanol–water partition coefficient (Wildman–Crippen LogP) is 0.855. The summed E-state index contributed by atoms with van der Waals surface area (Å²) in [4.78, 5) is 12.0. The number of hydrogen-bond donors (Lipinski definition) is 1. The van der Waals surface area contributed by atoms with Gasteiger partial charge in [-0.2, -0.15) is 0 Å². The van der Waals surface area contributed by atoms with Crippen molar-refractivity contribution < 1.29 is 4.74 Å². The van der Waals surface area contributed by atoms with E-state index < -0.39 is 0 Å². The first-order valence-electron chi connectivity index (χ1n) is 6.09. The standard InChI is InChI=1S/C12H23N3O2/c1-5-13-11(9-17-4)8-14-6-7-15(10(2)3)12(14)16/h6-7,10-11,13H,5,8-9H2,1-4H3. The van der Waals surface area contributed by atoms with Gasteiger partial charge in [0.1, 0.15) is 0 Å². The van der Waals surface area contributed by atoms with Crippen LogP contribution in [0.4, 0.5) is 0 Å². The number of nitrogens with zero attached hydrogens (tertiary/aromatic N) is 2. The molecule has 17 heavy (non-hydrogen) atoms. The normalized spacial score (nSPS) is 13.2. The Balaban J connectivity index is 2.75. The van der Waals surface area contributed by atoms with Crippen LogP contribution < -0.4 is 11.0 Å². The van der Waals surface area contributed by atoms with Crippen LogP contribution in [0.3, 0.4) is 0 Å². The first kappa shape index (κ1) is 14.0. The van der Waals surface area contributed by atoms with Crippen molar-refractivity contribution >= 4 is 0 Å². The zero-order valence-corrected chi connectivity index (χ0v) is 11.1. The lowest BCUT2D eigenvalue weighted by molar-refractivity contribution is 0.159. The third-order valence-electron chi connectivity index (χ3n) is 2.71. The fourth-order valence-electron chi connectivity index (χ4n) is 1.86. The molecule has 0 fully saturated rings. The number of methoxy groups -OCH3 is 1. The molecule has 98 valence electrons. The molecule has 0 aliphatic rings. The van der Waals surface area contributed by atoms with Crippen molar-refractivity contribution in [2.45, 2.75) is 39.4 Å². The average Bonchev–Trinajstić information content (AvgIpc) is 2.61. The molecule has 1 atom stereocenters. The Morgan fingerprint density at radius 1 is 1.41 bits per heavy atom. The summed E-state index contributed by atoms with van der Waals surface area (Å²) >= 11 is 0. The molecule has 0 aliphatic heterocycles. The zero-order valence-electron chi connectivity index (χ0n) is 11.1. The van der Waals surface area contributed by atoms with Gasteiger partial charge in [-0.3, -0.25) is 9.13 Å². The molecule has 1 unspecified atom stereocenters. The van der Waals surface area contributed by atoms with E-state index in [1.54, 1.807) is 16.2 Å². The van der Waals surface area contributed by atoms with Crippen LogP contribution in [0.5, 0.6) is 0 Å². The fourth-order valence-corrected chi connectivity index (χ4v) is 1.86. The topological polar surface area (TPSA) is 48.2 Å². The molecule has 0 spiro atoms. The van der Waals surface area contributed by atoms with Crippen LogP contribution in [-0.2, 0) is 11.3 Å². The lowest BCUT2D eigenvalue weighted by atomic mass is 10.3. The van der Waals surface area contributed by atoms with Gasteiger partial charge in [0.15, 0.2) is 0 Å². The molecule has 0 saturated carbocycles. The second-order valence-corrected chi connectivity index (χ2v) is 4.44. The van der Waals surface area contributed by atoms with E-state index >= 15 is 0 Å². The van der Waals surface area contributed by atoms with E-state index in [2.05, 4.69) is 5.32 Å². The molecule has 0 bridgehead atoms. The second-order valence-electron chi connectivity index (χ2n) is 4.44. The van der Waals surface area contributed by atoms with E-state index in [1.807, 2.05) is 33.2 Å². The van der Waals surface area contributed by atoms with E-state index in [4.69, 9.17) is 4.74 Å². The summed E-state index contributed by atoms with van der Waals surface area (Å²) in [7, 11) is 1.67. The monoisotopic (exact) mass is 241 g/mol. The highest BCUT2D eigenvalue weighted by Gasteiger charge is 2.11. The summed E-state index contributed by atoms with van der Waals surface area (Å²) in [6.07, 6.45) is 3.67. The third kappa shape index (κ3) is 3.71. The minimum atomic E-state index is 0.0407. The maximum absolute atomic E-state index is 12.0. The van der Waals surface area contributed by atoms with Gasteiger partial charge in [0.2, 0.25) is 0 Å². The van der Waals surface area contributed by atoms with Crippen LogP contribution in [-0.4, -0.2) is 35.4 Å². The summed E-state index contributed by atoms with van der Waals surface area (Å²) < 4.78 is 8.60. The Bertz CT molecular complexity index is 375. The molecule has 1 rings (SSSR count). The number of likely N-dealkylation sites (N-methyl/N-ethyl adjacent to an activating group) is 1. The molecule has 5 nitrogen and oxygen atoms in total. The molecular weight excluding hydrogens is 218 g/mol. The maximum atomic E-state index is 12.0. The van der Waals surface area contributed by atoms with Gasteiger partial charge >= 0.3 is 5.69 Å². The number of hydrogen-bond acceptors (Lipinski definition) is 3.